The van der Waals surface area contributed by atoms with Crippen LogP contribution in [-0.4, -0.2) is 12.1 Å². The fourth-order valence-electron chi connectivity index (χ4n) is 2.84. The van der Waals surface area contributed by atoms with Gasteiger partial charge in [0.2, 0.25) is 5.88 Å². The molecule has 0 atom stereocenters. The third-order valence-electron chi connectivity index (χ3n) is 4.12. The van der Waals surface area contributed by atoms with Gasteiger partial charge in [-0.25, -0.2) is 18.2 Å². The van der Waals surface area contributed by atoms with Gasteiger partial charge >= 0.3 is 0 Å². The predicted octanol–water partition coefficient (Wildman–Crippen LogP) is 5.37. The van der Waals surface area contributed by atoms with E-state index in [1.807, 2.05) is 65.6 Å². The SMILES string of the molecule is COc1nc(C(F)F)c(F)cc1N(Cc1ccccc1)Cc1ccccc1. The van der Waals surface area contributed by atoms with Crippen LogP contribution in [0.5, 0.6) is 5.88 Å². The van der Waals surface area contributed by atoms with Crippen molar-refractivity contribution < 1.29 is 17.9 Å². The normalized spacial score (nSPS) is 10.9. The topological polar surface area (TPSA) is 25.4 Å². The van der Waals surface area contributed by atoms with Gasteiger partial charge in [0.05, 0.1) is 7.11 Å². The van der Waals surface area contributed by atoms with Gasteiger partial charge in [0.25, 0.3) is 6.43 Å². The molecule has 0 aliphatic heterocycles. The van der Waals surface area contributed by atoms with Crippen molar-refractivity contribution in [2.45, 2.75) is 19.5 Å². The van der Waals surface area contributed by atoms with Gasteiger partial charge in [0.1, 0.15) is 11.4 Å². The van der Waals surface area contributed by atoms with Crippen LogP contribution in [-0.2, 0) is 13.1 Å². The first kappa shape index (κ1) is 18.8. The van der Waals surface area contributed by atoms with E-state index >= 15 is 0 Å². The van der Waals surface area contributed by atoms with Gasteiger partial charge in [-0.05, 0) is 11.1 Å². The lowest BCUT2D eigenvalue weighted by Crippen LogP contribution is -2.23. The van der Waals surface area contributed by atoms with Gasteiger partial charge in [-0.15, -0.1) is 0 Å². The van der Waals surface area contributed by atoms with Gasteiger partial charge in [0, 0.05) is 19.2 Å². The van der Waals surface area contributed by atoms with Crippen molar-refractivity contribution in [2.75, 3.05) is 12.0 Å². The van der Waals surface area contributed by atoms with Crippen molar-refractivity contribution in [1.29, 1.82) is 0 Å². The largest absolute Gasteiger partial charge is 0.480 e. The van der Waals surface area contributed by atoms with E-state index < -0.39 is 17.9 Å². The number of ether oxygens (including phenoxy) is 1. The summed E-state index contributed by atoms with van der Waals surface area (Å²) in [6.45, 7) is 0.891. The standard InChI is InChI=1S/C21H19F3N2O/c1-27-21-18(12-17(22)19(25-21)20(23)24)26(13-15-8-4-2-5-9-15)14-16-10-6-3-7-11-16/h2-12,20H,13-14H2,1H3. The third-order valence-corrected chi connectivity index (χ3v) is 4.12. The first-order valence-electron chi connectivity index (χ1n) is 8.44. The number of aromatic nitrogens is 1. The Balaban J connectivity index is 2.02. The van der Waals surface area contributed by atoms with Crippen molar-refractivity contribution in [3.8, 4) is 5.88 Å². The maximum atomic E-state index is 14.2. The van der Waals surface area contributed by atoms with E-state index in [9.17, 15) is 13.2 Å². The quantitative estimate of drug-likeness (QED) is 0.557. The molecule has 3 rings (SSSR count). The molecule has 27 heavy (non-hydrogen) atoms. The molecule has 0 aliphatic carbocycles. The molecule has 140 valence electrons. The molecule has 1 aromatic heterocycles. The number of benzene rings is 2. The van der Waals surface area contributed by atoms with E-state index in [0.717, 1.165) is 17.2 Å². The van der Waals surface area contributed by atoms with Gasteiger partial charge in [-0.2, -0.15) is 0 Å². The van der Waals surface area contributed by atoms with E-state index in [1.165, 1.54) is 7.11 Å². The summed E-state index contributed by atoms with van der Waals surface area (Å²) >= 11 is 0. The van der Waals surface area contributed by atoms with Crippen LogP contribution in [0.4, 0.5) is 18.9 Å². The van der Waals surface area contributed by atoms with Crippen molar-refractivity contribution >= 4 is 5.69 Å². The molecule has 2 aromatic carbocycles. The first-order valence-corrected chi connectivity index (χ1v) is 8.44. The van der Waals surface area contributed by atoms with Crippen LogP contribution in [0, 0.1) is 5.82 Å². The Bertz CT molecular complexity index is 832. The summed E-state index contributed by atoms with van der Waals surface area (Å²) in [5.74, 6) is -1.08. The van der Waals surface area contributed by atoms with Crippen molar-refractivity contribution in [3.05, 3.63) is 89.4 Å². The number of alkyl halides is 2. The van der Waals surface area contributed by atoms with Gasteiger partial charge < -0.3 is 9.64 Å². The highest BCUT2D eigenvalue weighted by atomic mass is 19.3. The molecular formula is C21H19F3N2O. The molecule has 0 saturated heterocycles. The van der Waals surface area contributed by atoms with E-state index in [-0.39, 0.29) is 5.88 Å². The second-order valence-electron chi connectivity index (χ2n) is 6.01. The Labute approximate surface area is 156 Å². The lowest BCUT2D eigenvalue weighted by Gasteiger charge is -2.27. The molecule has 0 unspecified atom stereocenters. The lowest BCUT2D eigenvalue weighted by molar-refractivity contribution is 0.139. The molecular weight excluding hydrogens is 353 g/mol. The maximum Gasteiger partial charge on any atom is 0.283 e. The molecule has 0 saturated carbocycles. The minimum atomic E-state index is -3.01. The van der Waals surface area contributed by atoms with Crippen LogP contribution >= 0.6 is 0 Å². The number of hydrogen-bond donors (Lipinski definition) is 0. The smallest absolute Gasteiger partial charge is 0.283 e. The molecule has 0 aliphatic rings. The highest BCUT2D eigenvalue weighted by Crippen LogP contribution is 2.33. The van der Waals surface area contributed by atoms with Crippen molar-refractivity contribution in [1.82, 2.24) is 4.98 Å². The molecule has 0 amide bonds. The molecule has 1 heterocycles. The van der Waals surface area contributed by atoms with Gasteiger partial charge in [-0.1, -0.05) is 60.7 Å². The molecule has 3 nitrogen and oxygen atoms in total. The summed E-state index contributed by atoms with van der Waals surface area (Å²) < 4.78 is 45.4. The predicted molar refractivity (Wildman–Crippen MR) is 98.5 cm³/mol. The maximum absolute atomic E-state index is 14.2. The minimum Gasteiger partial charge on any atom is -0.480 e. The Kier molecular flexibility index (Phi) is 5.96. The van der Waals surface area contributed by atoms with Crippen molar-refractivity contribution in [2.24, 2.45) is 0 Å². The zero-order chi connectivity index (χ0) is 19.2. The number of anilines is 1. The summed E-state index contributed by atoms with van der Waals surface area (Å²) in [4.78, 5) is 5.56. The number of halogens is 3. The summed E-state index contributed by atoms with van der Waals surface area (Å²) in [7, 11) is 1.34. The van der Waals surface area contributed by atoms with E-state index in [0.29, 0.717) is 18.8 Å². The van der Waals surface area contributed by atoms with E-state index in [2.05, 4.69) is 4.98 Å². The van der Waals surface area contributed by atoms with Crippen LogP contribution in [0.15, 0.2) is 66.7 Å². The zero-order valence-corrected chi connectivity index (χ0v) is 14.8. The van der Waals surface area contributed by atoms with Crippen LogP contribution in [0.3, 0.4) is 0 Å². The number of hydrogen-bond acceptors (Lipinski definition) is 3. The number of nitrogens with zero attached hydrogens (tertiary/aromatic N) is 2. The Morgan fingerprint density at radius 3 is 1.89 bits per heavy atom. The first-order chi connectivity index (χ1) is 13.1. The van der Waals surface area contributed by atoms with E-state index in [4.69, 9.17) is 4.74 Å². The van der Waals surface area contributed by atoms with Crippen LogP contribution < -0.4 is 9.64 Å². The number of pyridine rings is 1. The number of rotatable bonds is 7. The molecule has 0 spiro atoms. The highest BCUT2D eigenvalue weighted by molar-refractivity contribution is 5.56. The Hall–Kier alpha value is -3.02. The van der Waals surface area contributed by atoms with Gasteiger partial charge in [-0.3, -0.25) is 0 Å². The molecule has 0 bridgehead atoms. The Morgan fingerprint density at radius 1 is 0.926 bits per heavy atom. The lowest BCUT2D eigenvalue weighted by atomic mass is 10.1. The van der Waals surface area contributed by atoms with Crippen molar-refractivity contribution in [3.63, 3.8) is 0 Å². The third kappa shape index (κ3) is 4.58. The molecule has 6 heteroatoms. The average Bonchev–Trinajstić information content (AvgIpc) is 2.68. The molecule has 0 N–H and O–H groups in total. The van der Waals surface area contributed by atoms with Gasteiger partial charge in [0.15, 0.2) is 5.82 Å². The minimum absolute atomic E-state index is 0.0291. The monoisotopic (exact) mass is 372 g/mol. The summed E-state index contributed by atoms with van der Waals surface area (Å²) in [6.07, 6.45) is -3.01. The summed E-state index contributed by atoms with van der Waals surface area (Å²) in [5, 5.41) is 0. The zero-order valence-electron chi connectivity index (χ0n) is 14.8. The molecule has 0 radical (unpaired) electrons. The second-order valence-corrected chi connectivity index (χ2v) is 6.01. The van der Waals surface area contributed by atoms with Crippen LogP contribution in [0.1, 0.15) is 23.2 Å². The Morgan fingerprint density at radius 2 is 1.44 bits per heavy atom. The fraction of sp³-hybridized carbons (Fsp3) is 0.190. The summed E-state index contributed by atoms with van der Waals surface area (Å²) in [6, 6.07) is 20.3. The average molecular weight is 372 g/mol. The van der Waals surface area contributed by atoms with Crippen LogP contribution in [0.2, 0.25) is 0 Å². The van der Waals surface area contributed by atoms with Crippen LogP contribution in [0.25, 0.3) is 0 Å². The number of methoxy groups -OCH3 is 1. The molecule has 3 aromatic rings. The highest BCUT2D eigenvalue weighted by Gasteiger charge is 2.23. The van der Waals surface area contributed by atoms with E-state index in [1.54, 1.807) is 0 Å². The molecule has 0 fully saturated rings. The second kappa shape index (κ2) is 8.58. The fourth-order valence-corrected chi connectivity index (χ4v) is 2.84. The summed E-state index contributed by atoms with van der Waals surface area (Å²) in [5.41, 5.74) is 1.41.